The van der Waals surface area contributed by atoms with Crippen LogP contribution < -0.4 is 5.32 Å². The Morgan fingerprint density at radius 2 is 1.96 bits per heavy atom. The summed E-state index contributed by atoms with van der Waals surface area (Å²) in [5.74, 6) is -0.921. The molecule has 0 radical (unpaired) electrons. The van der Waals surface area contributed by atoms with Gasteiger partial charge in [-0.25, -0.2) is 4.39 Å². The van der Waals surface area contributed by atoms with Crippen LogP contribution >= 0.6 is 0 Å². The van der Waals surface area contributed by atoms with E-state index in [4.69, 9.17) is 0 Å². The summed E-state index contributed by atoms with van der Waals surface area (Å²) in [6.45, 7) is 6.19. The molecule has 2 N–H and O–H groups in total. The maximum absolute atomic E-state index is 13.0. The number of nitrogens with zero attached hydrogens (tertiary/aromatic N) is 1. The van der Waals surface area contributed by atoms with Crippen molar-refractivity contribution in [2.45, 2.75) is 44.6 Å². The number of carbonyl (C=O) groups excluding carboxylic acids is 2. The van der Waals surface area contributed by atoms with Crippen molar-refractivity contribution >= 4 is 11.8 Å². The van der Waals surface area contributed by atoms with Crippen LogP contribution in [0.25, 0.3) is 0 Å². The normalized spacial score (nSPS) is 21.5. The molecule has 0 saturated carbocycles. The van der Waals surface area contributed by atoms with Gasteiger partial charge in [0.2, 0.25) is 5.91 Å². The molecule has 1 saturated heterocycles. The number of carbonyl (C=O) groups is 2. The highest BCUT2D eigenvalue weighted by Gasteiger charge is 2.41. The quantitative estimate of drug-likeness (QED) is 0.877. The number of halogens is 1. The molecule has 2 rings (SSSR count). The molecule has 0 bridgehead atoms. The van der Waals surface area contributed by atoms with E-state index in [1.807, 2.05) is 13.8 Å². The molecule has 0 spiro atoms. The molecular formula is C18H25FN2O3. The predicted octanol–water partition coefficient (Wildman–Crippen LogP) is 1.59. The smallest absolute Gasteiger partial charge is 0.253 e. The Kier molecular flexibility index (Phi) is 5.28. The highest BCUT2D eigenvalue weighted by atomic mass is 19.1. The predicted molar refractivity (Wildman–Crippen MR) is 88.9 cm³/mol. The van der Waals surface area contributed by atoms with Crippen molar-refractivity contribution in [3.05, 3.63) is 35.6 Å². The van der Waals surface area contributed by atoms with E-state index in [1.165, 1.54) is 24.0 Å². The van der Waals surface area contributed by atoms with Gasteiger partial charge in [0, 0.05) is 25.4 Å². The van der Waals surface area contributed by atoms with Gasteiger partial charge in [0.25, 0.3) is 5.91 Å². The molecule has 6 heteroatoms. The lowest BCUT2D eigenvalue weighted by molar-refractivity contribution is -0.150. The van der Waals surface area contributed by atoms with Crippen molar-refractivity contribution in [3.8, 4) is 0 Å². The third-order valence-electron chi connectivity index (χ3n) is 4.66. The maximum Gasteiger partial charge on any atom is 0.253 e. The number of rotatable bonds is 4. The van der Waals surface area contributed by atoms with E-state index in [-0.39, 0.29) is 18.3 Å². The van der Waals surface area contributed by atoms with Crippen molar-refractivity contribution in [1.29, 1.82) is 0 Å². The van der Waals surface area contributed by atoms with Crippen LogP contribution in [0.15, 0.2) is 24.3 Å². The zero-order valence-electron chi connectivity index (χ0n) is 14.4. The van der Waals surface area contributed by atoms with E-state index in [0.29, 0.717) is 25.9 Å². The molecule has 1 aromatic rings. The topological polar surface area (TPSA) is 69.6 Å². The molecule has 0 aliphatic carbocycles. The van der Waals surface area contributed by atoms with Crippen LogP contribution in [-0.4, -0.2) is 47.1 Å². The second-order valence-electron chi connectivity index (χ2n) is 7.15. The number of aliphatic hydroxyl groups is 1. The first-order chi connectivity index (χ1) is 11.1. The summed E-state index contributed by atoms with van der Waals surface area (Å²) >= 11 is 0. The highest BCUT2D eigenvalue weighted by Crippen LogP contribution is 2.25. The second kappa shape index (κ2) is 6.89. The fourth-order valence-corrected chi connectivity index (χ4v) is 2.96. The summed E-state index contributed by atoms with van der Waals surface area (Å²) in [7, 11) is 0. The average molecular weight is 336 g/mol. The Hall–Kier alpha value is -1.95. The fourth-order valence-electron chi connectivity index (χ4n) is 2.96. The van der Waals surface area contributed by atoms with Gasteiger partial charge in [0.1, 0.15) is 5.82 Å². The van der Waals surface area contributed by atoms with E-state index in [1.54, 1.807) is 12.1 Å². The van der Waals surface area contributed by atoms with E-state index < -0.39 is 16.9 Å². The van der Waals surface area contributed by atoms with Gasteiger partial charge < -0.3 is 15.3 Å². The van der Waals surface area contributed by atoms with Crippen LogP contribution in [0, 0.1) is 5.82 Å². The molecule has 24 heavy (non-hydrogen) atoms. The SMILES string of the molecule is CC(=O)N1CCCC(O)(C(=O)NCC(C)(C)c2ccc(F)cc2)C1. The first-order valence-electron chi connectivity index (χ1n) is 8.16. The average Bonchev–Trinajstić information content (AvgIpc) is 2.53. The molecule has 1 heterocycles. The summed E-state index contributed by atoms with van der Waals surface area (Å²) in [4.78, 5) is 25.4. The number of β-amino-alcohol motifs (C(OH)–C–C–N with tert-alkyl or cyclic N) is 1. The Labute approximate surface area is 141 Å². The lowest BCUT2D eigenvalue weighted by Gasteiger charge is -2.38. The molecule has 1 unspecified atom stereocenters. The van der Waals surface area contributed by atoms with Crippen LogP contribution in [0.3, 0.4) is 0 Å². The maximum atomic E-state index is 13.0. The van der Waals surface area contributed by atoms with Gasteiger partial charge in [-0.1, -0.05) is 26.0 Å². The zero-order chi connectivity index (χ0) is 18.0. The second-order valence-corrected chi connectivity index (χ2v) is 7.15. The Morgan fingerprint density at radius 3 is 2.54 bits per heavy atom. The first-order valence-corrected chi connectivity index (χ1v) is 8.16. The minimum Gasteiger partial charge on any atom is -0.378 e. The van der Waals surface area contributed by atoms with Crippen LogP contribution in [-0.2, 0) is 15.0 Å². The van der Waals surface area contributed by atoms with Crippen LogP contribution in [0.2, 0.25) is 0 Å². The molecule has 1 fully saturated rings. The van der Waals surface area contributed by atoms with Crippen molar-refractivity contribution < 1.29 is 19.1 Å². The number of piperidine rings is 1. The van der Waals surface area contributed by atoms with E-state index in [2.05, 4.69) is 5.32 Å². The monoisotopic (exact) mass is 336 g/mol. The van der Waals surface area contributed by atoms with Gasteiger partial charge in [-0.15, -0.1) is 0 Å². The largest absolute Gasteiger partial charge is 0.378 e. The van der Waals surface area contributed by atoms with Crippen LogP contribution in [0.5, 0.6) is 0 Å². The van der Waals surface area contributed by atoms with E-state index in [0.717, 1.165) is 5.56 Å². The van der Waals surface area contributed by atoms with E-state index >= 15 is 0 Å². The zero-order valence-corrected chi connectivity index (χ0v) is 14.4. The molecule has 1 aliphatic rings. The summed E-state index contributed by atoms with van der Waals surface area (Å²) in [5.41, 5.74) is -1.07. The lowest BCUT2D eigenvalue weighted by Crippen LogP contribution is -2.59. The summed E-state index contributed by atoms with van der Waals surface area (Å²) in [6.07, 6.45) is 0.921. The molecule has 1 atom stereocenters. The number of hydrogen-bond acceptors (Lipinski definition) is 3. The number of nitrogens with one attached hydrogen (secondary N) is 1. The van der Waals surface area contributed by atoms with Crippen molar-refractivity contribution in [2.24, 2.45) is 0 Å². The van der Waals surface area contributed by atoms with Gasteiger partial charge in [-0.2, -0.15) is 0 Å². The van der Waals surface area contributed by atoms with Gasteiger partial charge in [0.15, 0.2) is 5.60 Å². The van der Waals surface area contributed by atoms with Gasteiger partial charge in [0.05, 0.1) is 6.54 Å². The third kappa shape index (κ3) is 4.12. The highest BCUT2D eigenvalue weighted by molar-refractivity contribution is 5.86. The fraction of sp³-hybridized carbons (Fsp3) is 0.556. The van der Waals surface area contributed by atoms with Crippen molar-refractivity contribution in [1.82, 2.24) is 10.2 Å². The number of likely N-dealkylation sites (tertiary alicyclic amines) is 1. The molecule has 1 aromatic carbocycles. The minimum absolute atomic E-state index is 0.0190. The summed E-state index contributed by atoms with van der Waals surface area (Å²) < 4.78 is 13.0. The summed E-state index contributed by atoms with van der Waals surface area (Å²) in [5, 5.41) is 13.4. The first kappa shape index (κ1) is 18.4. The number of benzene rings is 1. The lowest BCUT2D eigenvalue weighted by atomic mass is 9.84. The van der Waals surface area contributed by atoms with E-state index in [9.17, 15) is 19.1 Å². The Morgan fingerprint density at radius 1 is 1.33 bits per heavy atom. The molecule has 1 aliphatic heterocycles. The molecule has 5 nitrogen and oxygen atoms in total. The molecule has 0 aromatic heterocycles. The van der Waals surface area contributed by atoms with Crippen molar-refractivity contribution in [3.63, 3.8) is 0 Å². The van der Waals surface area contributed by atoms with Gasteiger partial charge in [-0.3, -0.25) is 9.59 Å². The molecular weight excluding hydrogens is 311 g/mol. The van der Waals surface area contributed by atoms with Crippen LogP contribution in [0.1, 0.15) is 39.2 Å². The number of amides is 2. The van der Waals surface area contributed by atoms with Crippen molar-refractivity contribution in [2.75, 3.05) is 19.6 Å². The van der Waals surface area contributed by atoms with Gasteiger partial charge >= 0.3 is 0 Å². The van der Waals surface area contributed by atoms with Crippen LogP contribution in [0.4, 0.5) is 4.39 Å². The Balaban J connectivity index is 2.01. The third-order valence-corrected chi connectivity index (χ3v) is 4.66. The Bertz CT molecular complexity index is 615. The molecule has 2 amide bonds. The number of hydrogen-bond donors (Lipinski definition) is 2. The molecule has 132 valence electrons. The standard InChI is InChI=1S/C18H25FN2O3/c1-13(22)21-10-4-9-18(24,12-21)16(23)20-11-17(2,3)14-5-7-15(19)8-6-14/h5-8,24H,4,9-12H2,1-3H3,(H,20,23). The van der Waals surface area contributed by atoms with Gasteiger partial charge in [-0.05, 0) is 30.5 Å². The minimum atomic E-state index is -1.55. The summed E-state index contributed by atoms with van der Waals surface area (Å²) in [6, 6.07) is 6.15.